The molecule has 0 atom stereocenters. The number of aliphatic carboxylic acids is 1. The van der Waals surface area contributed by atoms with E-state index in [1.54, 1.807) is 31.4 Å². The van der Waals surface area contributed by atoms with E-state index in [-0.39, 0.29) is 4.32 Å². The molecular weight excluding hydrogens is 498 g/mol. The lowest BCUT2D eigenvalue weighted by molar-refractivity contribution is -0.140. The van der Waals surface area contributed by atoms with Gasteiger partial charge in [-0.05, 0) is 47.0 Å². The van der Waals surface area contributed by atoms with Crippen LogP contribution in [0.1, 0.15) is 16.7 Å². The summed E-state index contributed by atoms with van der Waals surface area (Å²) in [7, 11) is 1.61. The lowest BCUT2D eigenvalue weighted by Gasteiger charge is -2.14. The van der Waals surface area contributed by atoms with Gasteiger partial charge in [0, 0.05) is 0 Å². The van der Waals surface area contributed by atoms with Gasteiger partial charge in [-0.2, -0.15) is 0 Å². The van der Waals surface area contributed by atoms with Crippen molar-refractivity contribution in [1.82, 2.24) is 4.90 Å². The number of benzene rings is 3. The highest BCUT2D eigenvalue weighted by Crippen LogP contribution is 2.35. The molecule has 4 rings (SSSR count). The summed E-state index contributed by atoms with van der Waals surface area (Å²) >= 11 is 6.25. The van der Waals surface area contributed by atoms with Crippen molar-refractivity contribution in [3.63, 3.8) is 0 Å². The van der Waals surface area contributed by atoms with Gasteiger partial charge in [-0.1, -0.05) is 72.5 Å². The predicted octanol–water partition coefficient (Wildman–Crippen LogP) is 5.14. The number of nitrogens with zero attached hydrogens (tertiary/aromatic N) is 1. The molecule has 0 spiro atoms. The van der Waals surface area contributed by atoms with Crippen molar-refractivity contribution in [2.45, 2.75) is 13.2 Å². The number of carboxylic acids is 1. The molecule has 1 aliphatic heterocycles. The summed E-state index contributed by atoms with van der Waals surface area (Å²) in [5.74, 6) is 0.243. The molecule has 3 aromatic rings. The SMILES string of the molecule is COc1cccc(COc2ccc(/C=C3\SC(=S)N(CC(=O)O)C3=O)cc2OCc2ccccc2)c1. The Morgan fingerprint density at radius 2 is 1.69 bits per heavy atom. The molecule has 1 saturated heterocycles. The number of thiocarbonyl (C=S) groups is 1. The smallest absolute Gasteiger partial charge is 0.323 e. The molecule has 7 nitrogen and oxygen atoms in total. The molecule has 3 aromatic carbocycles. The first-order chi connectivity index (χ1) is 17.4. The van der Waals surface area contributed by atoms with Crippen LogP contribution in [0.25, 0.3) is 6.08 Å². The van der Waals surface area contributed by atoms with Gasteiger partial charge in [0.05, 0.1) is 12.0 Å². The third kappa shape index (κ3) is 6.44. The van der Waals surface area contributed by atoms with Crippen LogP contribution in [0, 0.1) is 0 Å². The van der Waals surface area contributed by atoms with Gasteiger partial charge >= 0.3 is 5.97 Å². The van der Waals surface area contributed by atoms with E-state index in [0.29, 0.717) is 35.2 Å². The number of amides is 1. The molecule has 0 aromatic heterocycles. The van der Waals surface area contributed by atoms with E-state index in [1.165, 1.54) is 0 Å². The molecule has 1 heterocycles. The maximum Gasteiger partial charge on any atom is 0.323 e. The minimum atomic E-state index is -1.12. The zero-order chi connectivity index (χ0) is 25.5. The summed E-state index contributed by atoms with van der Waals surface area (Å²) in [5, 5.41) is 9.05. The monoisotopic (exact) mass is 521 g/mol. The van der Waals surface area contributed by atoms with E-state index < -0.39 is 18.4 Å². The highest BCUT2D eigenvalue weighted by Gasteiger charge is 2.33. The van der Waals surface area contributed by atoms with Crippen molar-refractivity contribution in [2.24, 2.45) is 0 Å². The largest absolute Gasteiger partial charge is 0.497 e. The minimum Gasteiger partial charge on any atom is -0.497 e. The van der Waals surface area contributed by atoms with Crippen LogP contribution in [0.15, 0.2) is 77.7 Å². The lowest BCUT2D eigenvalue weighted by Crippen LogP contribution is -2.33. The molecule has 0 radical (unpaired) electrons. The first-order valence-corrected chi connectivity index (χ1v) is 12.2. The third-order valence-electron chi connectivity index (χ3n) is 5.20. The van der Waals surface area contributed by atoms with Gasteiger partial charge in [-0.25, -0.2) is 0 Å². The van der Waals surface area contributed by atoms with Gasteiger partial charge in [0.25, 0.3) is 5.91 Å². The molecule has 1 amide bonds. The van der Waals surface area contributed by atoms with Gasteiger partial charge in [-0.3, -0.25) is 14.5 Å². The number of carbonyl (C=O) groups is 2. The quantitative estimate of drug-likeness (QED) is 0.290. The molecule has 1 fully saturated rings. The fraction of sp³-hybridized carbons (Fsp3) is 0.148. The summed E-state index contributed by atoms with van der Waals surface area (Å²) in [6.45, 7) is 0.178. The number of carboxylic acid groups (broad SMARTS) is 1. The van der Waals surface area contributed by atoms with Crippen LogP contribution < -0.4 is 14.2 Å². The standard InChI is InChI=1S/C27H23NO6S2/c1-32-21-9-5-8-20(12-21)17-33-22-11-10-19(13-23(22)34-16-18-6-3-2-4-7-18)14-24-26(31)28(15-25(29)30)27(35)36-24/h2-14H,15-17H2,1H3,(H,29,30)/b24-14-. The van der Waals surface area contributed by atoms with Crippen molar-refractivity contribution in [1.29, 1.82) is 0 Å². The Balaban J connectivity index is 1.57. The second kappa shape index (κ2) is 11.7. The molecule has 0 unspecified atom stereocenters. The van der Waals surface area contributed by atoms with E-state index in [9.17, 15) is 9.59 Å². The first kappa shape index (κ1) is 25.3. The van der Waals surface area contributed by atoms with Gasteiger partial charge in [0.15, 0.2) is 11.5 Å². The average molecular weight is 522 g/mol. The number of thioether (sulfide) groups is 1. The fourth-order valence-electron chi connectivity index (χ4n) is 3.43. The van der Waals surface area contributed by atoms with Crippen LogP contribution in [0.2, 0.25) is 0 Å². The van der Waals surface area contributed by atoms with Crippen LogP contribution in [0.5, 0.6) is 17.2 Å². The van der Waals surface area contributed by atoms with Crippen LogP contribution in [-0.2, 0) is 22.8 Å². The maximum atomic E-state index is 12.6. The summed E-state index contributed by atoms with van der Waals surface area (Å²) in [4.78, 5) is 25.1. The lowest BCUT2D eigenvalue weighted by atomic mass is 10.1. The van der Waals surface area contributed by atoms with E-state index in [0.717, 1.165) is 33.5 Å². The second-order valence-electron chi connectivity index (χ2n) is 7.78. The van der Waals surface area contributed by atoms with Crippen molar-refractivity contribution >= 4 is 46.3 Å². The summed E-state index contributed by atoms with van der Waals surface area (Å²) in [6.07, 6.45) is 1.67. The minimum absolute atomic E-state index is 0.215. The van der Waals surface area contributed by atoms with E-state index in [4.69, 9.17) is 31.5 Å². The fourth-order valence-corrected chi connectivity index (χ4v) is 4.68. The number of hydrogen-bond acceptors (Lipinski definition) is 7. The van der Waals surface area contributed by atoms with Crippen molar-refractivity contribution in [3.8, 4) is 17.2 Å². The summed E-state index contributed by atoms with van der Waals surface area (Å²) in [5.41, 5.74) is 2.63. The maximum absolute atomic E-state index is 12.6. The molecule has 9 heteroatoms. The molecule has 1 N–H and O–H groups in total. The predicted molar refractivity (Wildman–Crippen MR) is 142 cm³/mol. The molecule has 0 saturated carbocycles. The summed E-state index contributed by atoms with van der Waals surface area (Å²) in [6, 6.07) is 22.7. The summed E-state index contributed by atoms with van der Waals surface area (Å²) < 4.78 is 17.7. The first-order valence-electron chi connectivity index (χ1n) is 11.0. The number of carbonyl (C=O) groups excluding carboxylic acids is 1. The Morgan fingerprint density at radius 3 is 2.44 bits per heavy atom. The molecule has 36 heavy (non-hydrogen) atoms. The molecule has 184 valence electrons. The van der Waals surface area contributed by atoms with Crippen LogP contribution >= 0.6 is 24.0 Å². The highest BCUT2D eigenvalue weighted by molar-refractivity contribution is 8.26. The van der Waals surface area contributed by atoms with E-state index in [1.807, 2.05) is 54.6 Å². The number of ether oxygens (including phenoxy) is 3. The number of rotatable bonds is 10. The van der Waals surface area contributed by atoms with Crippen molar-refractivity contribution in [3.05, 3.63) is 94.4 Å². The van der Waals surface area contributed by atoms with Crippen molar-refractivity contribution in [2.75, 3.05) is 13.7 Å². The van der Waals surface area contributed by atoms with Crippen LogP contribution in [0.4, 0.5) is 0 Å². The average Bonchev–Trinajstić information content (AvgIpc) is 3.14. The van der Waals surface area contributed by atoms with Crippen LogP contribution in [-0.4, -0.2) is 39.9 Å². The Kier molecular flexibility index (Phi) is 8.24. The normalized spacial score (nSPS) is 14.2. The molecule has 0 aliphatic carbocycles. The topological polar surface area (TPSA) is 85.3 Å². The number of methoxy groups -OCH3 is 1. The molecular formula is C27H23NO6S2. The second-order valence-corrected chi connectivity index (χ2v) is 9.46. The van der Waals surface area contributed by atoms with Crippen molar-refractivity contribution < 1.29 is 28.9 Å². The Labute approximate surface area is 218 Å². The van der Waals surface area contributed by atoms with Gasteiger partial charge < -0.3 is 19.3 Å². The highest BCUT2D eigenvalue weighted by atomic mass is 32.2. The van der Waals surface area contributed by atoms with E-state index in [2.05, 4.69) is 0 Å². The van der Waals surface area contributed by atoms with Gasteiger partial charge in [-0.15, -0.1) is 0 Å². The Hall–Kier alpha value is -3.82. The zero-order valence-electron chi connectivity index (χ0n) is 19.4. The third-order valence-corrected chi connectivity index (χ3v) is 6.58. The molecule has 1 aliphatic rings. The molecule has 0 bridgehead atoms. The number of hydrogen-bond donors (Lipinski definition) is 1. The van der Waals surface area contributed by atoms with Gasteiger partial charge in [0.1, 0.15) is 29.8 Å². The Morgan fingerprint density at radius 1 is 0.972 bits per heavy atom. The Bertz CT molecular complexity index is 1310. The zero-order valence-corrected chi connectivity index (χ0v) is 21.0. The van der Waals surface area contributed by atoms with Gasteiger partial charge in [0.2, 0.25) is 0 Å². The van der Waals surface area contributed by atoms with Crippen LogP contribution in [0.3, 0.4) is 0 Å². The van der Waals surface area contributed by atoms with E-state index >= 15 is 0 Å².